The summed E-state index contributed by atoms with van der Waals surface area (Å²) in [5.41, 5.74) is 0. The Kier molecular flexibility index (Phi) is 0.978. The Labute approximate surface area is 42.8 Å². The third-order valence-corrected chi connectivity index (χ3v) is 0.694. The van der Waals surface area contributed by atoms with Crippen molar-refractivity contribution < 1.29 is 5.95 Å². The van der Waals surface area contributed by atoms with E-state index in [2.05, 4.69) is 15.0 Å². The van der Waals surface area contributed by atoms with E-state index in [-0.39, 0.29) is 1.43 Å². The second-order valence-electron chi connectivity index (χ2n) is 1.13. The lowest BCUT2D eigenvalue weighted by atomic mass is 10.7. The molecular weight excluding hydrogens is 92.1 g/mol. The minimum Gasteiger partial charge on any atom is -0.370 e. The Morgan fingerprint density at radius 1 is 2.00 bits per heavy atom. The van der Waals surface area contributed by atoms with Gasteiger partial charge in [-0.3, -0.25) is 0 Å². The van der Waals surface area contributed by atoms with Gasteiger partial charge in [-0.05, 0) is 0 Å². The van der Waals surface area contributed by atoms with Crippen molar-refractivity contribution in [2.45, 2.75) is 0 Å². The first-order chi connectivity index (χ1) is 3.43. The van der Waals surface area contributed by atoms with Crippen LogP contribution in [0.15, 0.2) is 16.9 Å². The Morgan fingerprint density at radius 2 is 2.86 bits per heavy atom. The van der Waals surface area contributed by atoms with Gasteiger partial charge in [0.05, 0.1) is 0 Å². The first-order valence-electron chi connectivity index (χ1n) is 2.01. The highest BCUT2D eigenvalue weighted by Crippen LogP contribution is 1.96. The van der Waals surface area contributed by atoms with Crippen LogP contribution in [0.5, 0.6) is 0 Å². The molecule has 1 aromatic heterocycles. The Hall–Kier alpha value is -0.990. The summed E-state index contributed by atoms with van der Waals surface area (Å²) >= 11 is 0. The molecule has 1 N–H and O–H groups in total. The van der Waals surface area contributed by atoms with Crippen LogP contribution in [-0.4, -0.2) is 12.2 Å². The van der Waals surface area contributed by atoms with E-state index in [1.807, 2.05) is 0 Å². The number of nitrogens with one attached hydrogen (secondary N) is 1. The van der Waals surface area contributed by atoms with E-state index in [4.69, 9.17) is 0 Å². The van der Waals surface area contributed by atoms with Crippen LogP contribution >= 0.6 is 0 Å². The predicted molar refractivity (Wildman–Crippen MR) is 28.2 cm³/mol. The van der Waals surface area contributed by atoms with Crippen LogP contribution in [0.3, 0.4) is 0 Å². The van der Waals surface area contributed by atoms with Gasteiger partial charge in [-0.15, -0.1) is 0 Å². The maximum Gasteiger partial charge on any atom is 0.169 e. The molecule has 7 heavy (non-hydrogen) atoms. The topological polar surface area (TPSA) is 38.1 Å². The number of rotatable bonds is 1. The molecule has 0 aliphatic rings. The predicted octanol–water partition coefficient (Wildman–Crippen LogP) is 0.962. The molecule has 0 amide bonds. The minimum atomic E-state index is 0. The molecule has 1 rings (SSSR count). The summed E-state index contributed by atoms with van der Waals surface area (Å²) in [5, 5.41) is 6.35. The van der Waals surface area contributed by atoms with E-state index < -0.39 is 0 Å². The van der Waals surface area contributed by atoms with Crippen LogP contribution in [-0.2, 0) is 0 Å². The lowest BCUT2D eigenvalue weighted by Gasteiger charge is -1.82. The minimum absolute atomic E-state index is 0. The summed E-state index contributed by atoms with van der Waals surface area (Å²) in [5.74, 6) is 0.764. The normalized spacial score (nSPS) is 8.71. The first kappa shape index (κ1) is 4.18. The highest BCUT2D eigenvalue weighted by atomic mass is 16.5. The molecule has 0 saturated carbocycles. The maximum absolute atomic E-state index is 4.49. The van der Waals surface area contributed by atoms with E-state index in [0.717, 1.165) is 5.82 Å². The highest BCUT2D eigenvalue weighted by molar-refractivity contribution is 5.28. The van der Waals surface area contributed by atoms with E-state index >= 15 is 0 Å². The van der Waals surface area contributed by atoms with Crippen molar-refractivity contribution in [1.82, 2.24) is 5.16 Å². The summed E-state index contributed by atoms with van der Waals surface area (Å²) in [6.45, 7) is 0. The molecule has 0 aliphatic heterocycles. The Balaban J connectivity index is 0.000000490. The fourth-order valence-corrected chi connectivity index (χ4v) is 0.341. The van der Waals surface area contributed by atoms with Crippen LogP contribution in [0, 0.1) is 0 Å². The van der Waals surface area contributed by atoms with Gasteiger partial charge in [-0.25, -0.2) is 0 Å². The average Bonchev–Trinajstić information content (AvgIpc) is 2.14. The second kappa shape index (κ2) is 1.64. The van der Waals surface area contributed by atoms with Gasteiger partial charge < -0.3 is 9.84 Å². The van der Waals surface area contributed by atoms with Crippen LogP contribution in [0.25, 0.3) is 0 Å². The molecule has 0 aromatic carbocycles. The molecule has 3 heteroatoms. The average molecular weight is 100 g/mol. The smallest absolute Gasteiger partial charge is 0.169 e. The van der Waals surface area contributed by atoms with Gasteiger partial charge in [0.25, 0.3) is 0 Å². The van der Waals surface area contributed by atoms with Crippen LogP contribution in [0.2, 0.25) is 0 Å². The summed E-state index contributed by atoms with van der Waals surface area (Å²) < 4.78 is 4.49. The molecule has 0 spiro atoms. The van der Waals surface area contributed by atoms with Gasteiger partial charge >= 0.3 is 0 Å². The number of hydrogen-bond donors (Lipinski definition) is 1. The lowest BCUT2D eigenvalue weighted by molar-refractivity contribution is 0.422. The Bertz CT molecular complexity index is 129. The second-order valence-corrected chi connectivity index (χ2v) is 1.13. The van der Waals surface area contributed by atoms with Gasteiger partial charge in [-0.1, -0.05) is 5.16 Å². The monoisotopic (exact) mass is 100 g/mol. The summed E-state index contributed by atoms with van der Waals surface area (Å²) in [4.78, 5) is 0. The Morgan fingerprint density at radius 3 is 3.14 bits per heavy atom. The van der Waals surface area contributed by atoms with Gasteiger partial charge in [0.2, 0.25) is 0 Å². The van der Waals surface area contributed by atoms with Crippen LogP contribution in [0.1, 0.15) is 1.43 Å². The molecule has 0 aliphatic carbocycles. The molecule has 3 nitrogen and oxygen atoms in total. The van der Waals surface area contributed by atoms with Crippen molar-refractivity contribution in [3.8, 4) is 0 Å². The van der Waals surface area contributed by atoms with Gasteiger partial charge in [0, 0.05) is 14.5 Å². The van der Waals surface area contributed by atoms with Gasteiger partial charge in [0.15, 0.2) is 5.82 Å². The molecule has 1 heterocycles. The number of hydrogen-bond acceptors (Lipinski definition) is 3. The third-order valence-electron chi connectivity index (χ3n) is 0.694. The summed E-state index contributed by atoms with van der Waals surface area (Å²) in [6.07, 6.45) is 1.52. The first-order valence-corrected chi connectivity index (χ1v) is 2.01. The van der Waals surface area contributed by atoms with E-state index in [9.17, 15) is 0 Å². The van der Waals surface area contributed by atoms with E-state index in [1.54, 1.807) is 13.1 Å². The quantitative estimate of drug-likeness (QED) is 0.571. The molecule has 0 atom stereocenters. The molecular formula is C4H8N2O. The highest BCUT2D eigenvalue weighted by Gasteiger charge is 1.84. The van der Waals surface area contributed by atoms with Gasteiger partial charge in [-0.2, -0.15) is 0 Å². The molecule has 0 fully saturated rings. The van der Waals surface area contributed by atoms with Crippen molar-refractivity contribution in [3.05, 3.63) is 12.3 Å². The van der Waals surface area contributed by atoms with Crippen molar-refractivity contribution >= 4 is 5.82 Å². The summed E-state index contributed by atoms with van der Waals surface area (Å²) in [6, 6.07) is 1.75. The SMILES string of the molecule is CNc1ccon1.[HH]. The fourth-order valence-electron chi connectivity index (χ4n) is 0.341. The fraction of sp³-hybridized carbons (Fsp3) is 0.250. The van der Waals surface area contributed by atoms with E-state index in [1.165, 1.54) is 6.26 Å². The van der Waals surface area contributed by atoms with Crippen LogP contribution < -0.4 is 5.32 Å². The molecule has 0 unspecified atom stereocenters. The van der Waals surface area contributed by atoms with E-state index in [0.29, 0.717) is 0 Å². The molecule has 40 valence electrons. The molecule has 0 saturated heterocycles. The molecule has 1 aromatic rings. The number of nitrogens with zero attached hydrogens (tertiary/aromatic N) is 1. The zero-order chi connectivity index (χ0) is 5.11. The third kappa shape index (κ3) is 0.707. The molecule has 0 radical (unpaired) electrons. The number of anilines is 1. The zero-order valence-corrected chi connectivity index (χ0v) is 4.01. The van der Waals surface area contributed by atoms with Crippen molar-refractivity contribution in [2.75, 3.05) is 12.4 Å². The van der Waals surface area contributed by atoms with Crippen molar-refractivity contribution in [1.29, 1.82) is 0 Å². The lowest BCUT2D eigenvalue weighted by Crippen LogP contribution is -1.84. The van der Waals surface area contributed by atoms with Crippen molar-refractivity contribution in [3.63, 3.8) is 0 Å². The zero-order valence-electron chi connectivity index (χ0n) is 4.01. The van der Waals surface area contributed by atoms with Crippen LogP contribution in [0.4, 0.5) is 5.82 Å². The maximum atomic E-state index is 4.49. The van der Waals surface area contributed by atoms with Gasteiger partial charge in [0.1, 0.15) is 6.26 Å². The standard InChI is InChI=1S/C4H6N2O.H2/c1-5-4-2-3-7-6-4;/h2-3H,1H3,(H,5,6);1H. The largest absolute Gasteiger partial charge is 0.370 e. The summed E-state index contributed by atoms with van der Waals surface area (Å²) in [7, 11) is 1.79. The van der Waals surface area contributed by atoms with Crippen molar-refractivity contribution in [2.24, 2.45) is 0 Å². The number of aromatic nitrogens is 1. The molecule has 0 bridgehead atoms.